The SMILES string of the molecule is COc1cc2ncnc([Se][Se])c2cc1OC. The second-order valence-electron chi connectivity index (χ2n) is 2.99. The summed E-state index contributed by atoms with van der Waals surface area (Å²) in [6.45, 7) is 0. The molecule has 0 amide bonds. The summed E-state index contributed by atoms with van der Waals surface area (Å²) in [5, 5.41) is 1.01. The molecule has 0 N–H and O–H groups in total. The molecule has 0 unspecified atom stereocenters. The third-order valence-electron chi connectivity index (χ3n) is 2.18. The molecule has 4 nitrogen and oxygen atoms in total. The molecule has 1 aromatic heterocycles. The van der Waals surface area contributed by atoms with E-state index in [4.69, 9.17) is 9.47 Å². The Morgan fingerprint density at radius 2 is 1.81 bits per heavy atom. The average molecular weight is 347 g/mol. The summed E-state index contributed by atoms with van der Waals surface area (Å²) >= 11 is 3.23. The first-order chi connectivity index (χ1) is 7.80. The van der Waals surface area contributed by atoms with Gasteiger partial charge >= 0.3 is 106 Å². The summed E-state index contributed by atoms with van der Waals surface area (Å²) < 4.78 is 11.5. The number of hydrogen-bond acceptors (Lipinski definition) is 4. The molecule has 16 heavy (non-hydrogen) atoms. The molecule has 0 saturated carbocycles. The molecule has 0 aliphatic rings. The van der Waals surface area contributed by atoms with Crippen LogP contribution in [0.25, 0.3) is 10.9 Å². The minimum absolute atomic E-state index is 0.209. The van der Waals surface area contributed by atoms with Crippen molar-refractivity contribution in [3.05, 3.63) is 18.5 Å². The molecule has 0 aliphatic heterocycles. The van der Waals surface area contributed by atoms with Crippen LogP contribution in [0.3, 0.4) is 0 Å². The van der Waals surface area contributed by atoms with Crippen molar-refractivity contribution in [1.82, 2.24) is 9.97 Å². The van der Waals surface area contributed by atoms with E-state index >= 15 is 0 Å². The zero-order valence-corrected chi connectivity index (χ0v) is 12.2. The summed E-state index contributed by atoms with van der Waals surface area (Å²) in [5.41, 5.74) is 0.875. The zero-order chi connectivity index (χ0) is 11.5. The van der Waals surface area contributed by atoms with E-state index in [0.29, 0.717) is 11.5 Å². The van der Waals surface area contributed by atoms with Crippen molar-refractivity contribution in [3.63, 3.8) is 0 Å². The van der Waals surface area contributed by atoms with Crippen LogP contribution in [0.2, 0.25) is 0 Å². The van der Waals surface area contributed by atoms with Crippen LogP contribution in [-0.2, 0) is 0 Å². The normalized spacial score (nSPS) is 10.4. The molecule has 6 heteroatoms. The van der Waals surface area contributed by atoms with E-state index in [1.165, 1.54) is 0 Å². The molecule has 83 valence electrons. The Morgan fingerprint density at radius 1 is 1.12 bits per heavy atom. The van der Waals surface area contributed by atoms with Gasteiger partial charge in [-0.3, -0.25) is 0 Å². The molecule has 2 rings (SSSR count). The second kappa shape index (κ2) is 5.02. The number of fused-ring (bicyclic) bond motifs is 1. The predicted molar refractivity (Wildman–Crippen MR) is 63.8 cm³/mol. The van der Waals surface area contributed by atoms with E-state index in [-0.39, 0.29) is 13.1 Å². The van der Waals surface area contributed by atoms with Crippen molar-refractivity contribution >= 4 is 42.8 Å². The molecule has 0 bridgehead atoms. The van der Waals surface area contributed by atoms with Crippen LogP contribution < -0.4 is 14.1 Å². The summed E-state index contributed by atoms with van der Waals surface area (Å²) in [6, 6.07) is 3.79. The number of aromatic nitrogens is 2. The summed E-state index contributed by atoms with van der Waals surface area (Å²) in [4.78, 5) is 8.47. The van der Waals surface area contributed by atoms with E-state index in [9.17, 15) is 0 Å². The van der Waals surface area contributed by atoms with Gasteiger partial charge in [0.05, 0.1) is 0 Å². The maximum atomic E-state index is 5.26. The number of rotatable bonds is 3. The molecule has 0 saturated heterocycles. The summed E-state index contributed by atoms with van der Waals surface area (Å²) in [6.07, 6.45) is 1.57. The fourth-order valence-corrected chi connectivity index (χ4v) is 3.59. The molecule has 0 aliphatic carbocycles. The minimum atomic E-state index is 0.209. The Labute approximate surface area is 106 Å². The Bertz CT molecular complexity index is 519. The van der Waals surface area contributed by atoms with Gasteiger partial charge in [-0.1, -0.05) is 0 Å². The fourth-order valence-electron chi connectivity index (χ4n) is 1.43. The Balaban J connectivity index is 2.72. The van der Waals surface area contributed by atoms with Crippen molar-refractivity contribution in [2.45, 2.75) is 0 Å². The number of hydrogen-bond donors (Lipinski definition) is 0. The Hall–Kier alpha value is -0.801. The molecule has 1 radical (unpaired) electrons. The zero-order valence-electron chi connectivity index (χ0n) is 8.76. The van der Waals surface area contributed by atoms with Crippen molar-refractivity contribution < 1.29 is 9.47 Å². The van der Waals surface area contributed by atoms with Crippen molar-refractivity contribution in [2.75, 3.05) is 14.2 Å². The van der Waals surface area contributed by atoms with Crippen LogP contribution in [0, 0.1) is 0 Å². The molecule has 0 fully saturated rings. The number of ether oxygens (including phenoxy) is 2. The van der Waals surface area contributed by atoms with Crippen LogP contribution in [0.15, 0.2) is 18.5 Å². The van der Waals surface area contributed by atoms with Gasteiger partial charge in [0.2, 0.25) is 0 Å². The van der Waals surface area contributed by atoms with E-state index in [1.807, 2.05) is 12.1 Å². The predicted octanol–water partition coefficient (Wildman–Crippen LogP) is 0.0600. The summed E-state index contributed by atoms with van der Waals surface area (Å²) in [5.74, 6) is 1.39. The first-order valence-electron chi connectivity index (χ1n) is 4.46. The third-order valence-corrected chi connectivity index (χ3v) is 4.92. The van der Waals surface area contributed by atoms with Crippen LogP contribution in [0.5, 0.6) is 11.5 Å². The van der Waals surface area contributed by atoms with Crippen LogP contribution >= 0.6 is 0 Å². The second-order valence-corrected chi connectivity index (χ2v) is 5.96. The third kappa shape index (κ3) is 2.02. The van der Waals surface area contributed by atoms with Gasteiger partial charge in [0.1, 0.15) is 0 Å². The first kappa shape index (κ1) is 11.7. The monoisotopic (exact) mass is 349 g/mol. The van der Waals surface area contributed by atoms with Gasteiger partial charge < -0.3 is 0 Å². The van der Waals surface area contributed by atoms with E-state index < -0.39 is 0 Å². The van der Waals surface area contributed by atoms with E-state index in [2.05, 4.69) is 24.2 Å². The average Bonchev–Trinajstić information content (AvgIpc) is 2.36. The first-order valence-corrected chi connectivity index (χ1v) is 9.65. The maximum absolute atomic E-state index is 5.26. The molecule has 0 atom stereocenters. The van der Waals surface area contributed by atoms with Gasteiger partial charge in [-0.25, -0.2) is 0 Å². The molecular formula is C10H9N2O2Se2. The quantitative estimate of drug-likeness (QED) is 0.737. The van der Waals surface area contributed by atoms with Crippen LogP contribution in [-0.4, -0.2) is 51.5 Å². The van der Waals surface area contributed by atoms with Gasteiger partial charge in [0, 0.05) is 0 Å². The summed E-state index contributed by atoms with van der Waals surface area (Å²) in [7, 11) is 3.24. The van der Waals surface area contributed by atoms with Crippen LogP contribution in [0.1, 0.15) is 0 Å². The van der Waals surface area contributed by atoms with Crippen LogP contribution in [0.4, 0.5) is 0 Å². The van der Waals surface area contributed by atoms with Gasteiger partial charge in [-0.05, 0) is 0 Å². The van der Waals surface area contributed by atoms with E-state index in [0.717, 1.165) is 15.5 Å². The van der Waals surface area contributed by atoms with Crippen molar-refractivity contribution in [1.29, 1.82) is 0 Å². The van der Waals surface area contributed by atoms with Gasteiger partial charge in [0.15, 0.2) is 0 Å². The fraction of sp³-hybridized carbons (Fsp3) is 0.200. The molecule has 2 aromatic rings. The molecule has 1 heterocycles. The molecule has 1 aromatic carbocycles. The van der Waals surface area contributed by atoms with E-state index in [1.54, 1.807) is 20.5 Å². The van der Waals surface area contributed by atoms with Gasteiger partial charge in [0.25, 0.3) is 0 Å². The molecule has 0 spiro atoms. The molecular weight excluding hydrogens is 338 g/mol. The van der Waals surface area contributed by atoms with Crippen molar-refractivity contribution in [2.24, 2.45) is 0 Å². The van der Waals surface area contributed by atoms with Gasteiger partial charge in [-0.15, -0.1) is 0 Å². The topological polar surface area (TPSA) is 44.2 Å². The number of benzene rings is 1. The Kier molecular flexibility index (Phi) is 3.66. The van der Waals surface area contributed by atoms with Gasteiger partial charge in [-0.2, -0.15) is 0 Å². The number of methoxy groups -OCH3 is 2. The standard InChI is InChI=1S/C10H9N2O2Se2/c1-13-8-3-6-7(4-9(8)14-2)11-5-12-10(6)16-15/h3-5H,1-2H3. The number of nitrogens with zero attached hydrogens (tertiary/aromatic N) is 2. The van der Waals surface area contributed by atoms with Crippen molar-refractivity contribution in [3.8, 4) is 11.5 Å². The Morgan fingerprint density at radius 3 is 2.44 bits per heavy atom.